The summed E-state index contributed by atoms with van der Waals surface area (Å²) in [7, 11) is 1.40. The van der Waals surface area contributed by atoms with Crippen LogP contribution in [-0.2, 0) is 9.53 Å². The summed E-state index contributed by atoms with van der Waals surface area (Å²) in [6.45, 7) is 0. The highest BCUT2D eigenvalue weighted by molar-refractivity contribution is 8.14. The lowest BCUT2D eigenvalue weighted by Gasteiger charge is -2.67. The Labute approximate surface area is 80.2 Å². The van der Waals surface area contributed by atoms with Crippen LogP contribution >= 0.6 is 11.8 Å². The first-order valence-electron chi connectivity index (χ1n) is 4.09. The number of thioether (sulfide) groups is 1. The summed E-state index contributed by atoms with van der Waals surface area (Å²) in [5.41, 5.74) is 4.81. The first-order valence-corrected chi connectivity index (χ1v) is 4.91. The van der Waals surface area contributed by atoms with Crippen molar-refractivity contribution >= 4 is 23.0 Å². The average molecular weight is 201 g/mol. The van der Waals surface area contributed by atoms with Crippen LogP contribution in [0.1, 0.15) is 19.3 Å². The van der Waals surface area contributed by atoms with Gasteiger partial charge in [-0.25, -0.2) is 0 Å². The molecule has 2 bridgehead atoms. The molecule has 3 fully saturated rings. The van der Waals surface area contributed by atoms with Crippen LogP contribution in [0.2, 0.25) is 0 Å². The van der Waals surface area contributed by atoms with Crippen LogP contribution in [0.5, 0.6) is 0 Å². The van der Waals surface area contributed by atoms with Crippen LogP contribution in [0.3, 0.4) is 0 Å². The second-order valence-corrected chi connectivity index (χ2v) is 5.38. The van der Waals surface area contributed by atoms with Crippen molar-refractivity contribution in [3.8, 4) is 0 Å². The number of nitrogens with two attached hydrogens (primary N) is 1. The molecule has 4 nitrogen and oxygen atoms in total. The third-order valence-electron chi connectivity index (χ3n) is 2.92. The molecule has 0 unspecified atom stereocenters. The number of primary amides is 1. The third-order valence-corrected chi connectivity index (χ3v) is 3.98. The zero-order valence-corrected chi connectivity index (χ0v) is 8.15. The first-order chi connectivity index (χ1) is 6.02. The van der Waals surface area contributed by atoms with Crippen LogP contribution < -0.4 is 5.73 Å². The van der Waals surface area contributed by atoms with Gasteiger partial charge in [-0.3, -0.25) is 9.59 Å². The van der Waals surface area contributed by atoms with Gasteiger partial charge in [-0.15, -0.1) is 0 Å². The van der Waals surface area contributed by atoms with E-state index in [1.807, 2.05) is 0 Å². The van der Waals surface area contributed by atoms with E-state index >= 15 is 0 Å². The number of amides is 1. The van der Waals surface area contributed by atoms with Crippen molar-refractivity contribution in [2.75, 3.05) is 7.11 Å². The van der Waals surface area contributed by atoms with Gasteiger partial charge in [-0.05, 0) is 19.3 Å². The van der Waals surface area contributed by atoms with Crippen molar-refractivity contribution in [2.24, 2.45) is 11.1 Å². The number of ether oxygens (including phenoxy) is 1. The molecule has 3 aliphatic carbocycles. The van der Waals surface area contributed by atoms with E-state index in [1.165, 1.54) is 18.9 Å². The van der Waals surface area contributed by atoms with Crippen molar-refractivity contribution in [3.63, 3.8) is 0 Å². The van der Waals surface area contributed by atoms with Gasteiger partial charge < -0.3 is 10.5 Å². The molecule has 3 saturated carbocycles. The summed E-state index contributed by atoms with van der Waals surface area (Å²) in [5, 5.41) is -0.349. The van der Waals surface area contributed by atoms with E-state index in [0.717, 1.165) is 19.3 Å². The Bertz CT molecular complexity index is 269. The predicted octanol–water partition coefficient (Wildman–Crippen LogP) is 0.894. The van der Waals surface area contributed by atoms with E-state index in [9.17, 15) is 9.59 Å². The molecule has 0 aromatic heterocycles. The van der Waals surface area contributed by atoms with Gasteiger partial charge in [0.1, 0.15) is 0 Å². The van der Waals surface area contributed by atoms with E-state index in [2.05, 4.69) is 4.74 Å². The molecule has 0 spiro atoms. The summed E-state index contributed by atoms with van der Waals surface area (Å²) in [6, 6.07) is 0. The highest BCUT2D eigenvalue weighted by Gasteiger charge is 2.73. The number of carbonyl (C=O) groups is 2. The lowest BCUT2D eigenvalue weighted by molar-refractivity contribution is -0.180. The largest absolute Gasteiger partial charge is 0.469 e. The molecule has 0 radical (unpaired) electrons. The fourth-order valence-electron chi connectivity index (χ4n) is 2.45. The molecule has 13 heavy (non-hydrogen) atoms. The van der Waals surface area contributed by atoms with E-state index < -0.39 is 0 Å². The minimum Gasteiger partial charge on any atom is -0.469 e. The molecule has 72 valence electrons. The Hall–Kier alpha value is -0.710. The molecule has 0 atom stereocenters. The number of hydrogen-bond donors (Lipinski definition) is 1. The maximum atomic E-state index is 11.2. The summed E-state index contributed by atoms with van der Waals surface area (Å²) in [4.78, 5) is 21.9. The number of rotatable bonds is 2. The van der Waals surface area contributed by atoms with Gasteiger partial charge in [0.25, 0.3) is 5.24 Å². The second-order valence-electron chi connectivity index (χ2n) is 3.91. The Morgan fingerprint density at radius 1 is 1.38 bits per heavy atom. The van der Waals surface area contributed by atoms with E-state index in [4.69, 9.17) is 5.73 Å². The van der Waals surface area contributed by atoms with Gasteiger partial charge in [0.15, 0.2) is 0 Å². The lowest BCUT2D eigenvalue weighted by Crippen LogP contribution is -2.69. The highest BCUT2D eigenvalue weighted by atomic mass is 32.2. The minimum absolute atomic E-state index is 0.0278. The lowest BCUT2D eigenvalue weighted by atomic mass is 9.43. The number of methoxy groups -OCH3 is 1. The topological polar surface area (TPSA) is 69.4 Å². The molecule has 3 rings (SSSR count). The number of esters is 1. The maximum absolute atomic E-state index is 11.2. The zero-order chi connectivity index (χ0) is 9.69. The molecule has 0 heterocycles. The summed E-state index contributed by atoms with van der Waals surface area (Å²) in [5.74, 6) is -0.139. The fraction of sp³-hybridized carbons (Fsp3) is 0.750. The Morgan fingerprint density at radius 2 is 1.92 bits per heavy atom. The molecule has 0 aromatic rings. The Balaban J connectivity index is 1.93. The molecular weight excluding hydrogens is 190 g/mol. The number of carbonyl (C=O) groups excluding carboxylic acids is 2. The van der Waals surface area contributed by atoms with Gasteiger partial charge >= 0.3 is 5.97 Å². The molecule has 5 heteroatoms. The average Bonchev–Trinajstić information content (AvgIpc) is 1.92. The van der Waals surface area contributed by atoms with Crippen LogP contribution in [0.4, 0.5) is 4.79 Å². The summed E-state index contributed by atoms with van der Waals surface area (Å²) < 4.78 is 4.65. The van der Waals surface area contributed by atoms with Gasteiger partial charge in [-0.1, -0.05) is 11.8 Å². The van der Waals surface area contributed by atoms with Gasteiger partial charge in [0, 0.05) is 4.75 Å². The van der Waals surface area contributed by atoms with E-state index in [1.54, 1.807) is 0 Å². The van der Waals surface area contributed by atoms with E-state index in [-0.39, 0.29) is 21.4 Å². The smallest absolute Gasteiger partial charge is 0.311 e. The van der Waals surface area contributed by atoms with Crippen molar-refractivity contribution in [1.82, 2.24) is 0 Å². The van der Waals surface area contributed by atoms with Crippen LogP contribution in [0.15, 0.2) is 0 Å². The molecule has 2 N–H and O–H groups in total. The predicted molar refractivity (Wildman–Crippen MR) is 48.2 cm³/mol. The highest BCUT2D eigenvalue weighted by Crippen LogP contribution is 2.73. The standard InChI is InChI=1S/C8H11NO3S/c1-12-5(10)7-2-8(3-7,4-7)13-6(9)11/h2-4H2,1H3,(H2,9,11). The van der Waals surface area contributed by atoms with Crippen LogP contribution in [-0.4, -0.2) is 23.1 Å². The van der Waals surface area contributed by atoms with Gasteiger partial charge in [0.2, 0.25) is 0 Å². The monoisotopic (exact) mass is 201 g/mol. The van der Waals surface area contributed by atoms with Crippen LogP contribution in [0.25, 0.3) is 0 Å². The number of hydrogen-bond acceptors (Lipinski definition) is 4. The van der Waals surface area contributed by atoms with Crippen molar-refractivity contribution < 1.29 is 14.3 Å². The normalized spacial score (nSPS) is 40.1. The Kier molecular flexibility index (Phi) is 1.64. The minimum atomic E-state index is -0.349. The summed E-state index contributed by atoms with van der Waals surface area (Å²) in [6.07, 6.45) is 2.25. The maximum Gasteiger partial charge on any atom is 0.311 e. The second kappa shape index (κ2) is 2.41. The molecule has 3 aliphatic rings. The van der Waals surface area contributed by atoms with Crippen molar-refractivity contribution in [3.05, 3.63) is 0 Å². The molecule has 1 amide bonds. The Morgan fingerprint density at radius 3 is 2.31 bits per heavy atom. The van der Waals surface area contributed by atoms with E-state index in [0.29, 0.717) is 0 Å². The molecule has 0 aliphatic heterocycles. The molecular formula is C8H11NO3S. The van der Waals surface area contributed by atoms with Crippen molar-refractivity contribution in [1.29, 1.82) is 0 Å². The summed E-state index contributed by atoms with van der Waals surface area (Å²) >= 11 is 1.17. The molecule has 0 aromatic carbocycles. The SMILES string of the molecule is COC(=O)C12CC(SC(N)=O)(C1)C2. The third kappa shape index (κ3) is 1.06. The van der Waals surface area contributed by atoms with Gasteiger partial charge in [0.05, 0.1) is 12.5 Å². The quantitative estimate of drug-likeness (QED) is 0.674. The first kappa shape index (κ1) is 8.87. The van der Waals surface area contributed by atoms with Crippen LogP contribution in [0, 0.1) is 5.41 Å². The van der Waals surface area contributed by atoms with Gasteiger partial charge in [-0.2, -0.15) is 0 Å². The van der Waals surface area contributed by atoms with Crippen molar-refractivity contribution in [2.45, 2.75) is 24.0 Å². The zero-order valence-electron chi connectivity index (χ0n) is 7.33. The molecule has 0 saturated heterocycles. The fourth-order valence-corrected chi connectivity index (χ4v) is 3.92.